The lowest BCUT2D eigenvalue weighted by Gasteiger charge is -2.38. The van der Waals surface area contributed by atoms with Gasteiger partial charge in [-0.25, -0.2) is 0 Å². The van der Waals surface area contributed by atoms with Gasteiger partial charge in [0.15, 0.2) is 8.32 Å². The predicted octanol–water partition coefficient (Wildman–Crippen LogP) is 3.69. The van der Waals surface area contributed by atoms with E-state index in [1.165, 1.54) is 7.11 Å². The Morgan fingerprint density at radius 3 is 2.60 bits per heavy atom. The van der Waals surface area contributed by atoms with Crippen LogP contribution in [-0.4, -0.2) is 62.9 Å². The number of hydrogen-bond acceptors (Lipinski definition) is 5. The maximum atomic E-state index is 12.2. The molecule has 25 heavy (non-hydrogen) atoms. The van der Waals surface area contributed by atoms with Crippen molar-refractivity contribution in [2.24, 2.45) is 0 Å². The minimum Gasteiger partial charge on any atom is -0.469 e. The molecule has 1 fully saturated rings. The molecule has 1 heterocycles. The summed E-state index contributed by atoms with van der Waals surface area (Å²) in [7, 11) is -0.357. The van der Waals surface area contributed by atoms with Crippen LogP contribution >= 0.6 is 11.8 Å². The molecule has 1 rings (SSSR count). The van der Waals surface area contributed by atoms with Crippen LogP contribution in [0.3, 0.4) is 0 Å². The molecule has 1 atom stereocenters. The van der Waals surface area contributed by atoms with Crippen molar-refractivity contribution >= 4 is 32.0 Å². The molecule has 146 valence electrons. The number of carbonyl (C=O) groups is 2. The standard InChI is InChI=1S/C18H35NO4SSi/c1-18(2,3)25(5,6)23-14-15-9-10-16(20)19(15)11-13-24-12-7-8-17(21)22-4/h15H,7-14H2,1-6H3/t15-/m1/s1. The van der Waals surface area contributed by atoms with Crippen LogP contribution in [-0.2, 0) is 18.8 Å². The Bertz CT molecular complexity index is 451. The average Bonchev–Trinajstić information content (AvgIpc) is 2.87. The molecule has 7 heteroatoms. The van der Waals surface area contributed by atoms with Gasteiger partial charge in [-0.15, -0.1) is 0 Å². The fourth-order valence-corrected chi connectivity index (χ4v) is 4.40. The summed E-state index contributed by atoms with van der Waals surface area (Å²) >= 11 is 1.79. The second-order valence-electron chi connectivity index (χ2n) is 8.14. The molecule has 0 aromatic heterocycles. The Labute approximate surface area is 158 Å². The minimum absolute atomic E-state index is 0.154. The highest BCUT2D eigenvalue weighted by atomic mass is 32.2. The van der Waals surface area contributed by atoms with Gasteiger partial charge in [-0.05, 0) is 36.7 Å². The first-order valence-corrected chi connectivity index (χ1v) is 13.2. The number of thioether (sulfide) groups is 1. The fourth-order valence-electron chi connectivity index (χ4n) is 2.48. The molecule has 1 saturated heterocycles. The first-order chi connectivity index (χ1) is 11.6. The lowest BCUT2D eigenvalue weighted by molar-refractivity contribution is -0.140. The zero-order chi connectivity index (χ0) is 19.1. The predicted molar refractivity (Wildman–Crippen MR) is 106 cm³/mol. The second-order valence-corrected chi connectivity index (χ2v) is 14.2. The summed E-state index contributed by atoms with van der Waals surface area (Å²) < 4.78 is 11.0. The molecule has 1 aliphatic heterocycles. The van der Waals surface area contributed by atoms with Crippen molar-refractivity contribution in [3.63, 3.8) is 0 Å². The Morgan fingerprint density at radius 1 is 1.32 bits per heavy atom. The van der Waals surface area contributed by atoms with Crippen LogP contribution in [0, 0.1) is 0 Å². The van der Waals surface area contributed by atoms with E-state index in [0.29, 0.717) is 19.4 Å². The van der Waals surface area contributed by atoms with Gasteiger partial charge in [0.2, 0.25) is 5.91 Å². The van der Waals surface area contributed by atoms with Gasteiger partial charge in [0.05, 0.1) is 19.8 Å². The molecule has 0 aromatic rings. The van der Waals surface area contributed by atoms with E-state index in [1.807, 2.05) is 4.90 Å². The van der Waals surface area contributed by atoms with Crippen LogP contribution < -0.4 is 0 Å². The first-order valence-electron chi connectivity index (χ1n) is 9.16. The molecular weight excluding hydrogens is 354 g/mol. The number of amides is 1. The molecule has 0 spiro atoms. The third-order valence-electron chi connectivity index (χ3n) is 5.27. The summed E-state index contributed by atoms with van der Waals surface area (Å²) in [5.41, 5.74) is 0. The van der Waals surface area contributed by atoms with Crippen LogP contribution in [0.4, 0.5) is 0 Å². The van der Waals surface area contributed by atoms with Gasteiger partial charge in [-0.2, -0.15) is 11.8 Å². The van der Waals surface area contributed by atoms with Crippen molar-refractivity contribution in [2.45, 2.75) is 70.6 Å². The number of esters is 1. The summed E-state index contributed by atoms with van der Waals surface area (Å²) in [6.07, 6.45) is 2.83. The summed E-state index contributed by atoms with van der Waals surface area (Å²) in [6.45, 7) is 12.7. The van der Waals surface area contributed by atoms with Gasteiger partial charge >= 0.3 is 5.97 Å². The zero-order valence-electron chi connectivity index (χ0n) is 16.7. The first kappa shape index (κ1) is 22.5. The fraction of sp³-hybridized carbons (Fsp3) is 0.889. The highest BCUT2D eigenvalue weighted by molar-refractivity contribution is 7.99. The van der Waals surface area contributed by atoms with Gasteiger partial charge in [0.25, 0.3) is 0 Å². The molecule has 1 amide bonds. The summed E-state index contributed by atoms with van der Waals surface area (Å²) in [5, 5.41) is 0.190. The Kier molecular flexibility index (Phi) is 8.98. The number of ether oxygens (including phenoxy) is 1. The normalized spacial score (nSPS) is 18.7. The van der Waals surface area contributed by atoms with E-state index in [4.69, 9.17) is 4.43 Å². The van der Waals surface area contributed by atoms with E-state index in [2.05, 4.69) is 38.6 Å². The summed E-state index contributed by atoms with van der Waals surface area (Å²) in [6, 6.07) is 0.220. The van der Waals surface area contributed by atoms with E-state index in [0.717, 1.165) is 30.9 Å². The molecule has 0 aromatic carbocycles. The van der Waals surface area contributed by atoms with Gasteiger partial charge < -0.3 is 14.1 Å². The summed E-state index contributed by atoms with van der Waals surface area (Å²) in [5.74, 6) is 1.92. The van der Waals surface area contributed by atoms with E-state index >= 15 is 0 Å². The second kappa shape index (κ2) is 9.97. The van der Waals surface area contributed by atoms with Crippen LogP contribution in [0.5, 0.6) is 0 Å². The zero-order valence-corrected chi connectivity index (χ0v) is 18.5. The van der Waals surface area contributed by atoms with Crippen molar-refractivity contribution < 1.29 is 18.8 Å². The number of rotatable bonds is 10. The molecular formula is C18H35NO4SSi. The molecule has 0 aliphatic carbocycles. The van der Waals surface area contributed by atoms with Crippen molar-refractivity contribution in [3.8, 4) is 0 Å². The molecule has 0 N–H and O–H groups in total. The van der Waals surface area contributed by atoms with E-state index in [9.17, 15) is 9.59 Å². The van der Waals surface area contributed by atoms with E-state index in [-0.39, 0.29) is 23.0 Å². The van der Waals surface area contributed by atoms with Crippen molar-refractivity contribution in [1.82, 2.24) is 4.90 Å². The van der Waals surface area contributed by atoms with Crippen molar-refractivity contribution in [3.05, 3.63) is 0 Å². The number of nitrogens with zero attached hydrogens (tertiary/aromatic N) is 1. The smallest absolute Gasteiger partial charge is 0.305 e. The Morgan fingerprint density at radius 2 is 2.00 bits per heavy atom. The largest absolute Gasteiger partial charge is 0.469 e. The quantitative estimate of drug-likeness (QED) is 0.324. The Hall–Kier alpha value is -0.533. The van der Waals surface area contributed by atoms with E-state index < -0.39 is 8.32 Å². The minimum atomic E-state index is -1.77. The SMILES string of the molecule is COC(=O)CCCSCCN1C(=O)CC[C@@H]1CO[Si](C)(C)C(C)(C)C. The van der Waals surface area contributed by atoms with E-state index in [1.54, 1.807) is 11.8 Å². The molecule has 0 bridgehead atoms. The molecule has 0 saturated carbocycles. The molecule has 0 radical (unpaired) electrons. The van der Waals surface area contributed by atoms with Gasteiger partial charge in [0, 0.05) is 25.1 Å². The lowest BCUT2D eigenvalue weighted by Crippen LogP contribution is -2.45. The number of hydrogen-bond donors (Lipinski definition) is 0. The highest BCUT2D eigenvalue weighted by Gasteiger charge is 2.39. The van der Waals surface area contributed by atoms with Crippen LogP contribution in [0.25, 0.3) is 0 Å². The number of carbonyl (C=O) groups excluding carboxylic acids is 2. The number of methoxy groups -OCH3 is 1. The molecule has 1 aliphatic rings. The van der Waals surface area contributed by atoms with Gasteiger partial charge in [-0.1, -0.05) is 20.8 Å². The van der Waals surface area contributed by atoms with Crippen molar-refractivity contribution in [2.75, 3.05) is 31.8 Å². The van der Waals surface area contributed by atoms with Gasteiger partial charge in [0.1, 0.15) is 0 Å². The van der Waals surface area contributed by atoms with Crippen LogP contribution in [0.15, 0.2) is 0 Å². The van der Waals surface area contributed by atoms with Gasteiger partial charge in [-0.3, -0.25) is 9.59 Å². The van der Waals surface area contributed by atoms with Crippen LogP contribution in [0.1, 0.15) is 46.5 Å². The topological polar surface area (TPSA) is 55.8 Å². The average molecular weight is 390 g/mol. The maximum absolute atomic E-state index is 12.2. The lowest BCUT2D eigenvalue weighted by atomic mass is 10.2. The third-order valence-corrected chi connectivity index (χ3v) is 10.8. The monoisotopic (exact) mass is 389 g/mol. The third kappa shape index (κ3) is 7.31. The summed E-state index contributed by atoms with van der Waals surface area (Å²) in [4.78, 5) is 25.2. The Balaban J connectivity index is 2.34. The highest BCUT2D eigenvalue weighted by Crippen LogP contribution is 2.37. The number of likely N-dealkylation sites (tertiary alicyclic amines) is 1. The maximum Gasteiger partial charge on any atom is 0.305 e. The molecule has 5 nitrogen and oxygen atoms in total. The van der Waals surface area contributed by atoms with Crippen LogP contribution in [0.2, 0.25) is 18.1 Å². The molecule has 0 unspecified atom stereocenters. The van der Waals surface area contributed by atoms with Crippen molar-refractivity contribution in [1.29, 1.82) is 0 Å².